The van der Waals surface area contributed by atoms with Crippen molar-refractivity contribution in [1.82, 2.24) is 4.31 Å². The van der Waals surface area contributed by atoms with E-state index >= 15 is 0 Å². The topological polar surface area (TPSA) is 111 Å². The van der Waals surface area contributed by atoms with Gasteiger partial charge in [-0.1, -0.05) is 0 Å². The number of nitrogens with one attached hydrogen (secondary N) is 1. The maximum absolute atomic E-state index is 12.2. The van der Waals surface area contributed by atoms with Gasteiger partial charge in [0.25, 0.3) is 5.91 Å². The van der Waals surface area contributed by atoms with Crippen LogP contribution in [-0.4, -0.2) is 65.1 Å². The fourth-order valence-corrected chi connectivity index (χ4v) is 3.26. The molecule has 0 aromatic heterocycles. The molecule has 1 aliphatic heterocycles. The number of hydrogen-bond acceptors (Lipinski definition) is 7. The number of ether oxygens (including phenoxy) is 3. The summed E-state index contributed by atoms with van der Waals surface area (Å²) in [7, 11) is 0.529. The van der Waals surface area contributed by atoms with Crippen LogP contribution >= 0.6 is 0 Å². The van der Waals surface area contributed by atoms with Crippen LogP contribution in [0.5, 0.6) is 5.75 Å². The summed E-state index contributed by atoms with van der Waals surface area (Å²) in [6, 6.07) is 4.10. The fraction of sp³-hybridized carbons (Fsp3) is 0.500. The third kappa shape index (κ3) is 4.71. The maximum atomic E-state index is 12.2. The van der Waals surface area contributed by atoms with E-state index in [0.29, 0.717) is 13.0 Å². The molecular formula is C16H22N2O7S. The number of carbonyl (C=O) groups is 2. The van der Waals surface area contributed by atoms with Crippen molar-refractivity contribution in [2.75, 3.05) is 39.7 Å². The van der Waals surface area contributed by atoms with Gasteiger partial charge in [0.1, 0.15) is 5.75 Å². The highest BCUT2D eigenvalue weighted by Gasteiger charge is 2.26. The average Bonchev–Trinajstić information content (AvgIpc) is 3.14. The molecule has 9 nitrogen and oxygen atoms in total. The third-order valence-corrected chi connectivity index (χ3v) is 5.57. The van der Waals surface area contributed by atoms with E-state index in [4.69, 9.17) is 14.2 Å². The molecule has 10 heteroatoms. The minimum atomic E-state index is -3.67. The first kappa shape index (κ1) is 20.1. The molecule has 0 radical (unpaired) electrons. The number of rotatable bonds is 7. The van der Waals surface area contributed by atoms with Crippen LogP contribution in [0, 0.1) is 0 Å². The van der Waals surface area contributed by atoms with E-state index in [1.165, 1.54) is 39.4 Å². The highest BCUT2D eigenvalue weighted by molar-refractivity contribution is 7.89. The Labute approximate surface area is 152 Å². The van der Waals surface area contributed by atoms with Crippen LogP contribution in [0.2, 0.25) is 0 Å². The van der Waals surface area contributed by atoms with Crippen molar-refractivity contribution in [3.8, 4) is 5.75 Å². The number of anilines is 1. The Hall–Kier alpha value is -2.17. The molecule has 0 spiro atoms. The quantitative estimate of drug-likeness (QED) is 0.683. The van der Waals surface area contributed by atoms with Crippen LogP contribution in [0.15, 0.2) is 23.1 Å². The van der Waals surface area contributed by atoms with Gasteiger partial charge in [0.2, 0.25) is 10.0 Å². The average molecular weight is 386 g/mol. The number of sulfonamides is 1. The van der Waals surface area contributed by atoms with E-state index in [1.54, 1.807) is 0 Å². The van der Waals surface area contributed by atoms with Gasteiger partial charge in [-0.2, -0.15) is 0 Å². The van der Waals surface area contributed by atoms with Crippen LogP contribution in [0.4, 0.5) is 5.69 Å². The van der Waals surface area contributed by atoms with Crippen molar-refractivity contribution in [1.29, 1.82) is 0 Å². The summed E-state index contributed by atoms with van der Waals surface area (Å²) in [5.41, 5.74) is 0.161. The zero-order valence-corrected chi connectivity index (χ0v) is 15.7. The lowest BCUT2D eigenvalue weighted by Crippen LogP contribution is -2.27. The van der Waals surface area contributed by atoms with Crippen molar-refractivity contribution in [3.63, 3.8) is 0 Å². The number of nitrogens with zero attached hydrogens (tertiary/aromatic N) is 1. The number of esters is 1. The van der Waals surface area contributed by atoms with Crippen molar-refractivity contribution in [2.24, 2.45) is 0 Å². The van der Waals surface area contributed by atoms with Crippen molar-refractivity contribution >= 4 is 27.6 Å². The predicted molar refractivity (Wildman–Crippen MR) is 92.4 cm³/mol. The van der Waals surface area contributed by atoms with E-state index in [1.807, 2.05) is 0 Å². The maximum Gasteiger partial charge on any atom is 0.335 e. The lowest BCUT2D eigenvalue weighted by atomic mass is 10.2. The molecule has 1 amide bonds. The second kappa shape index (κ2) is 8.47. The van der Waals surface area contributed by atoms with E-state index in [9.17, 15) is 18.0 Å². The van der Waals surface area contributed by atoms with Crippen LogP contribution in [-0.2, 0) is 29.1 Å². The number of methoxy groups -OCH3 is 1. The normalized spacial score (nSPS) is 17.2. The van der Waals surface area contributed by atoms with Gasteiger partial charge < -0.3 is 19.5 Å². The minimum absolute atomic E-state index is 0.00468. The lowest BCUT2D eigenvalue weighted by Gasteiger charge is -2.15. The monoisotopic (exact) mass is 386 g/mol. The summed E-state index contributed by atoms with van der Waals surface area (Å²) in [5.74, 6) is -0.927. The van der Waals surface area contributed by atoms with Crippen molar-refractivity contribution in [3.05, 3.63) is 18.2 Å². The summed E-state index contributed by atoms with van der Waals surface area (Å²) >= 11 is 0. The second-order valence-corrected chi connectivity index (χ2v) is 7.96. The van der Waals surface area contributed by atoms with E-state index < -0.39 is 34.6 Å². The Kier molecular flexibility index (Phi) is 6.57. The zero-order valence-electron chi connectivity index (χ0n) is 14.9. The molecule has 1 fully saturated rings. The first-order valence-corrected chi connectivity index (χ1v) is 9.38. The first-order chi connectivity index (χ1) is 12.3. The molecule has 1 aliphatic rings. The van der Waals surface area contributed by atoms with Gasteiger partial charge in [-0.3, -0.25) is 4.79 Å². The molecule has 0 aliphatic carbocycles. The molecule has 0 bridgehead atoms. The number of hydrogen-bond donors (Lipinski definition) is 1. The van der Waals surface area contributed by atoms with Gasteiger partial charge in [0.15, 0.2) is 12.7 Å². The molecule has 1 heterocycles. The molecule has 2 rings (SSSR count). The Morgan fingerprint density at radius 1 is 1.35 bits per heavy atom. The van der Waals surface area contributed by atoms with Gasteiger partial charge >= 0.3 is 5.97 Å². The Bertz CT molecular complexity index is 771. The molecular weight excluding hydrogens is 364 g/mol. The molecule has 1 N–H and O–H groups in total. The van der Waals surface area contributed by atoms with E-state index in [-0.39, 0.29) is 16.3 Å². The van der Waals surface area contributed by atoms with E-state index in [0.717, 1.165) is 10.7 Å². The highest BCUT2D eigenvalue weighted by Crippen LogP contribution is 2.28. The number of carbonyl (C=O) groups excluding carboxylic acids is 2. The molecule has 1 atom stereocenters. The molecule has 1 saturated heterocycles. The molecule has 26 heavy (non-hydrogen) atoms. The smallest absolute Gasteiger partial charge is 0.335 e. The van der Waals surface area contributed by atoms with Gasteiger partial charge in [0.05, 0.1) is 17.7 Å². The Morgan fingerprint density at radius 3 is 2.65 bits per heavy atom. The van der Waals surface area contributed by atoms with Gasteiger partial charge in [-0.25, -0.2) is 17.5 Å². The summed E-state index contributed by atoms with van der Waals surface area (Å²) in [6.45, 7) is -0.0111. The predicted octanol–water partition coefficient (Wildman–Crippen LogP) is 0.606. The summed E-state index contributed by atoms with van der Waals surface area (Å²) in [5, 5.41) is 2.49. The second-order valence-electron chi connectivity index (χ2n) is 5.81. The lowest BCUT2D eigenvalue weighted by molar-refractivity contribution is -0.156. The van der Waals surface area contributed by atoms with Gasteiger partial charge in [-0.05, 0) is 31.0 Å². The molecule has 1 aromatic rings. The Morgan fingerprint density at radius 2 is 2.08 bits per heavy atom. The van der Waals surface area contributed by atoms with Crippen molar-refractivity contribution in [2.45, 2.75) is 23.8 Å². The van der Waals surface area contributed by atoms with Gasteiger partial charge in [0, 0.05) is 20.7 Å². The zero-order chi connectivity index (χ0) is 19.3. The summed E-state index contributed by atoms with van der Waals surface area (Å²) in [4.78, 5) is 23.8. The molecule has 144 valence electrons. The minimum Gasteiger partial charge on any atom is -0.495 e. The first-order valence-electron chi connectivity index (χ1n) is 7.94. The number of amides is 1. The van der Waals surface area contributed by atoms with Crippen LogP contribution in [0.3, 0.4) is 0 Å². The standard InChI is InChI=1S/C16H22N2O7S/c1-18(2)26(21,22)11-6-7-13(23-3)12(9-11)17-15(19)10-25-16(20)14-5-4-8-24-14/h6-7,9,14H,4-5,8,10H2,1-3H3,(H,17,19)/t14-/m1/s1. The van der Waals surface area contributed by atoms with E-state index in [2.05, 4.69) is 5.32 Å². The third-order valence-electron chi connectivity index (χ3n) is 3.76. The summed E-state index contributed by atoms with van der Waals surface area (Å²) < 4.78 is 40.7. The Balaban J connectivity index is 2.07. The van der Waals surface area contributed by atoms with Crippen LogP contribution in [0.1, 0.15) is 12.8 Å². The largest absolute Gasteiger partial charge is 0.495 e. The van der Waals surface area contributed by atoms with Gasteiger partial charge in [-0.15, -0.1) is 0 Å². The molecule has 0 saturated carbocycles. The van der Waals surface area contributed by atoms with Crippen molar-refractivity contribution < 1.29 is 32.2 Å². The summed E-state index contributed by atoms with van der Waals surface area (Å²) in [6.07, 6.45) is 0.709. The van der Waals surface area contributed by atoms with Crippen LogP contribution < -0.4 is 10.1 Å². The molecule has 0 unspecified atom stereocenters. The highest BCUT2D eigenvalue weighted by atomic mass is 32.2. The number of benzene rings is 1. The van der Waals surface area contributed by atoms with Crippen LogP contribution in [0.25, 0.3) is 0 Å². The SMILES string of the molecule is COc1ccc(S(=O)(=O)N(C)C)cc1NC(=O)COC(=O)[C@H]1CCCO1. The molecule has 1 aromatic carbocycles. The fourth-order valence-electron chi connectivity index (χ4n) is 2.34.